The van der Waals surface area contributed by atoms with Gasteiger partial charge in [-0.15, -0.1) is 0 Å². The number of hydrogen-bond donors (Lipinski definition) is 0. The molecule has 0 amide bonds. The van der Waals surface area contributed by atoms with Crippen molar-refractivity contribution in [1.29, 1.82) is 0 Å². The molecule has 0 fully saturated rings. The Balaban J connectivity index is 0.000000344. The van der Waals surface area contributed by atoms with E-state index >= 15 is 0 Å². The van der Waals surface area contributed by atoms with Crippen molar-refractivity contribution in [2.75, 3.05) is 0 Å². The summed E-state index contributed by atoms with van der Waals surface area (Å²) in [4.78, 5) is 0. The van der Waals surface area contributed by atoms with Crippen molar-refractivity contribution in [2.24, 2.45) is 0 Å². The predicted octanol–water partition coefficient (Wildman–Crippen LogP) is 11.0. The molecule has 0 aliphatic carbocycles. The average Bonchev–Trinajstić information content (AvgIpc) is 3.04. The van der Waals surface area contributed by atoms with Gasteiger partial charge in [-0.1, -0.05) is 60.7 Å². The standard InChI is InChI=1S/C26H22N.F6P/c1-19-11-3-7-15-23(19)27(24-16-8-4-12-20(24)2)25-17-9-5-13-21(25)22-14-6-10-18-26(22)27;1-7(2,3,4,5)6/h3-18H,1-2H3;/q+1;-1. The van der Waals surface area contributed by atoms with Gasteiger partial charge in [0, 0.05) is 35.4 Å². The molecule has 0 radical (unpaired) electrons. The van der Waals surface area contributed by atoms with Crippen LogP contribution < -0.4 is 4.48 Å². The SMILES string of the molecule is Cc1ccccc1[N+]1(c2ccccc2C)c2ccccc2-c2ccccc21.F[P-](F)(F)(F)(F)F. The zero-order valence-electron chi connectivity index (χ0n) is 18.4. The van der Waals surface area contributed by atoms with Gasteiger partial charge in [0.15, 0.2) is 22.7 Å². The van der Waals surface area contributed by atoms with Crippen LogP contribution in [0.25, 0.3) is 11.1 Å². The first-order valence-corrected chi connectivity index (χ1v) is 12.5. The fourth-order valence-electron chi connectivity index (χ4n) is 4.65. The molecule has 1 aliphatic heterocycles. The van der Waals surface area contributed by atoms with Gasteiger partial charge in [0.2, 0.25) is 0 Å². The Bertz CT molecular complexity index is 1280. The molecule has 0 unspecified atom stereocenters. The van der Waals surface area contributed by atoms with Crippen LogP contribution in [0, 0.1) is 13.8 Å². The fraction of sp³-hybridized carbons (Fsp3) is 0.0769. The summed E-state index contributed by atoms with van der Waals surface area (Å²) >= 11 is 0. The Kier molecular flexibility index (Phi) is 5.24. The minimum absolute atomic E-state index is 0.645. The second kappa shape index (κ2) is 7.42. The third-order valence-electron chi connectivity index (χ3n) is 5.77. The molecular weight excluding hydrogens is 471 g/mol. The van der Waals surface area contributed by atoms with Gasteiger partial charge >= 0.3 is 33.0 Å². The van der Waals surface area contributed by atoms with E-state index in [1.807, 2.05) is 0 Å². The molecule has 178 valence electrons. The van der Waals surface area contributed by atoms with E-state index in [1.54, 1.807) is 0 Å². The van der Waals surface area contributed by atoms with E-state index in [-0.39, 0.29) is 0 Å². The molecule has 8 heteroatoms. The van der Waals surface area contributed by atoms with E-state index in [1.165, 1.54) is 45.0 Å². The maximum atomic E-state index is 9.87. The van der Waals surface area contributed by atoms with E-state index in [0.29, 0.717) is 4.48 Å². The molecule has 0 atom stereocenters. The Morgan fingerprint density at radius 3 is 1.03 bits per heavy atom. The topological polar surface area (TPSA) is 0 Å². The zero-order chi connectivity index (χ0) is 24.8. The summed E-state index contributed by atoms with van der Waals surface area (Å²) in [7, 11) is -10.7. The monoisotopic (exact) mass is 493 g/mol. The Morgan fingerprint density at radius 2 is 0.706 bits per heavy atom. The third-order valence-corrected chi connectivity index (χ3v) is 5.77. The van der Waals surface area contributed by atoms with E-state index < -0.39 is 7.81 Å². The van der Waals surface area contributed by atoms with Crippen LogP contribution in [0.5, 0.6) is 0 Å². The summed E-state index contributed by atoms with van der Waals surface area (Å²) in [6.45, 7) is 4.44. The van der Waals surface area contributed by atoms with Crippen LogP contribution in [-0.2, 0) is 0 Å². The Hall–Kier alpha value is -3.15. The molecule has 1 nitrogen and oxygen atoms in total. The summed E-state index contributed by atoms with van der Waals surface area (Å²) in [5.74, 6) is 0. The number of benzene rings is 4. The summed E-state index contributed by atoms with van der Waals surface area (Å²) < 4.78 is 59.8. The molecule has 0 bridgehead atoms. The van der Waals surface area contributed by atoms with Crippen LogP contribution in [0.2, 0.25) is 0 Å². The molecule has 0 saturated carbocycles. The van der Waals surface area contributed by atoms with Crippen molar-refractivity contribution in [2.45, 2.75) is 13.8 Å². The van der Waals surface area contributed by atoms with Crippen molar-refractivity contribution < 1.29 is 25.2 Å². The molecule has 1 heterocycles. The zero-order valence-corrected chi connectivity index (χ0v) is 19.3. The van der Waals surface area contributed by atoms with Gasteiger partial charge in [0.05, 0.1) is 11.1 Å². The van der Waals surface area contributed by atoms with Gasteiger partial charge in [-0.3, -0.25) is 0 Å². The number of para-hydroxylation sites is 4. The van der Waals surface area contributed by atoms with Crippen LogP contribution >= 0.6 is 7.81 Å². The quantitative estimate of drug-likeness (QED) is 0.130. The van der Waals surface area contributed by atoms with Gasteiger partial charge in [0.25, 0.3) is 0 Å². The van der Waals surface area contributed by atoms with Crippen molar-refractivity contribution in [3.8, 4) is 11.1 Å². The fourth-order valence-corrected chi connectivity index (χ4v) is 4.65. The molecule has 4 aromatic rings. The molecule has 34 heavy (non-hydrogen) atoms. The molecule has 5 rings (SSSR count). The molecule has 4 aromatic carbocycles. The molecular formula is C26H22F6NP. The number of nitrogens with zero attached hydrogens (tertiary/aromatic N) is 1. The van der Waals surface area contributed by atoms with E-state index in [0.717, 1.165) is 0 Å². The van der Waals surface area contributed by atoms with Crippen molar-refractivity contribution in [1.82, 2.24) is 4.48 Å². The molecule has 0 N–H and O–H groups in total. The second-order valence-electron chi connectivity index (χ2n) is 8.24. The maximum absolute atomic E-state index is 10.7. The van der Waals surface area contributed by atoms with Crippen LogP contribution in [0.4, 0.5) is 47.9 Å². The number of aryl methyl sites for hydroxylation is 2. The predicted molar refractivity (Wildman–Crippen MR) is 129 cm³/mol. The van der Waals surface area contributed by atoms with Crippen molar-refractivity contribution in [3.05, 3.63) is 108 Å². The number of halogens is 6. The number of quaternary nitrogens is 1. The van der Waals surface area contributed by atoms with Gasteiger partial charge in [0.1, 0.15) is 0 Å². The molecule has 0 saturated heterocycles. The van der Waals surface area contributed by atoms with Crippen LogP contribution in [0.3, 0.4) is 0 Å². The van der Waals surface area contributed by atoms with Gasteiger partial charge < -0.3 is 0 Å². The molecule has 1 aliphatic rings. The second-order valence-corrected chi connectivity index (χ2v) is 10.2. The summed E-state index contributed by atoms with van der Waals surface area (Å²) in [6, 6.07) is 35.3. The summed E-state index contributed by atoms with van der Waals surface area (Å²) in [5, 5.41) is 0. The van der Waals surface area contributed by atoms with Gasteiger partial charge in [-0.05, 0) is 26.0 Å². The summed E-state index contributed by atoms with van der Waals surface area (Å²) in [6.07, 6.45) is 0. The van der Waals surface area contributed by atoms with Crippen LogP contribution in [0.1, 0.15) is 11.1 Å². The Labute approximate surface area is 193 Å². The van der Waals surface area contributed by atoms with Gasteiger partial charge in [-0.25, -0.2) is 0 Å². The minimum atomic E-state index is -10.7. The van der Waals surface area contributed by atoms with Crippen molar-refractivity contribution in [3.63, 3.8) is 0 Å². The molecule has 0 aromatic heterocycles. The first-order valence-electron chi connectivity index (χ1n) is 10.5. The van der Waals surface area contributed by atoms with Crippen LogP contribution in [0.15, 0.2) is 97.1 Å². The van der Waals surface area contributed by atoms with Gasteiger partial charge in [-0.2, -0.15) is 4.48 Å². The van der Waals surface area contributed by atoms with Crippen LogP contribution in [-0.4, -0.2) is 0 Å². The van der Waals surface area contributed by atoms with Crippen molar-refractivity contribution >= 4 is 30.6 Å². The first kappa shape index (κ1) is 24.0. The molecule has 0 spiro atoms. The first-order chi connectivity index (χ1) is 15.7. The van der Waals surface area contributed by atoms with E-state index in [4.69, 9.17) is 0 Å². The van der Waals surface area contributed by atoms with E-state index in [2.05, 4.69) is 111 Å². The number of hydrogen-bond acceptors (Lipinski definition) is 0. The van der Waals surface area contributed by atoms with E-state index in [9.17, 15) is 25.2 Å². The normalized spacial score (nSPS) is 15.8. The Morgan fingerprint density at radius 1 is 0.441 bits per heavy atom. The summed E-state index contributed by atoms with van der Waals surface area (Å²) in [5.41, 5.74) is 10.5. The number of fused-ring (bicyclic) bond motifs is 3. The average molecular weight is 493 g/mol. The number of rotatable bonds is 2. The third kappa shape index (κ3) is 4.72.